The van der Waals surface area contributed by atoms with Crippen LogP contribution in [0.2, 0.25) is 0 Å². The molecule has 2 aromatic carbocycles. The molecule has 1 fully saturated rings. The number of benzene rings is 2. The predicted octanol–water partition coefficient (Wildman–Crippen LogP) is 4.52. The van der Waals surface area contributed by atoms with Crippen molar-refractivity contribution in [3.8, 4) is 11.5 Å². The first kappa shape index (κ1) is 22.1. The molecule has 2 N–H and O–H groups in total. The van der Waals surface area contributed by atoms with E-state index in [4.69, 9.17) is 21.7 Å². The molecule has 0 radical (unpaired) electrons. The van der Waals surface area contributed by atoms with Gasteiger partial charge in [-0.1, -0.05) is 12.1 Å². The van der Waals surface area contributed by atoms with E-state index in [2.05, 4.69) is 10.3 Å². The summed E-state index contributed by atoms with van der Waals surface area (Å²) in [4.78, 5) is 28.9. The highest BCUT2D eigenvalue weighted by Gasteiger charge is 2.27. The highest BCUT2D eigenvalue weighted by atomic mass is 32.1. The quantitative estimate of drug-likeness (QED) is 0.536. The summed E-state index contributed by atoms with van der Waals surface area (Å²) < 4.78 is 12.7. The Morgan fingerprint density at radius 1 is 1.12 bits per heavy atom. The van der Waals surface area contributed by atoms with Crippen LogP contribution in [0.1, 0.15) is 25.7 Å². The maximum atomic E-state index is 12.9. The highest BCUT2D eigenvalue weighted by Crippen LogP contribution is 2.33. The number of anilines is 1. The summed E-state index contributed by atoms with van der Waals surface area (Å²) in [6.07, 6.45) is 3.28. The van der Waals surface area contributed by atoms with Gasteiger partial charge >= 0.3 is 0 Å². The standard InChI is InChI=1S/C24H27N3O4S/c1-30-17-11-12-20(21(13-17)31-2)25-22(28)16-9-7-15(8-10-16)14-27-23(29)18-5-3-4-6-19(18)26-24(27)32/h3-6,11-13,15-16H,7-10,14H2,1-2H3,(H,25,28)(H,26,32). The molecule has 7 nitrogen and oxygen atoms in total. The monoisotopic (exact) mass is 453 g/mol. The van der Waals surface area contributed by atoms with Crippen molar-refractivity contribution in [3.05, 3.63) is 57.6 Å². The van der Waals surface area contributed by atoms with E-state index in [1.807, 2.05) is 24.3 Å². The van der Waals surface area contributed by atoms with Crippen molar-refractivity contribution in [2.75, 3.05) is 19.5 Å². The SMILES string of the molecule is COc1ccc(NC(=O)C2CCC(Cn3c(=S)[nH]c4ccccc4c3=O)CC2)c(OC)c1. The minimum Gasteiger partial charge on any atom is -0.497 e. The number of aromatic nitrogens is 2. The van der Waals surface area contributed by atoms with Gasteiger partial charge in [0, 0.05) is 18.5 Å². The third kappa shape index (κ3) is 4.55. The van der Waals surface area contributed by atoms with Gasteiger partial charge < -0.3 is 19.8 Å². The highest BCUT2D eigenvalue weighted by molar-refractivity contribution is 7.71. The number of aromatic amines is 1. The second-order valence-electron chi connectivity index (χ2n) is 8.16. The van der Waals surface area contributed by atoms with Gasteiger partial charge in [-0.05, 0) is 68.1 Å². The van der Waals surface area contributed by atoms with Crippen LogP contribution in [-0.4, -0.2) is 29.7 Å². The van der Waals surface area contributed by atoms with Crippen molar-refractivity contribution in [2.24, 2.45) is 11.8 Å². The minimum atomic E-state index is -0.0686. The first-order chi connectivity index (χ1) is 15.5. The zero-order valence-corrected chi connectivity index (χ0v) is 19.0. The van der Waals surface area contributed by atoms with Crippen LogP contribution in [0.25, 0.3) is 10.9 Å². The van der Waals surface area contributed by atoms with E-state index in [1.165, 1.54) is 0 Å². The number of amides is 1. The maximum absolute atomic E-state index is 12.9. The van der Waals surface area contributed by atoms with E-state index in [-0.39, 0.29) is 17.4 Å². The summed E-state index contributed by atoms with van der Waals surface area (Å²) in [6.45, 7) is 0.569. The number of hydrogen-bond donors (Lipinski definition) is 2. The average molecular weight is 454 g/mol. The van der Waals surface area contributed by atoms with Gasteiger partial charge in [-0.3, -0.25) is 14.2 Å². The second-order valence-corrected chi connectivity index (χ2v) is 8.55. The number of methoxy groups -OCH3 is 2. The molecule has 1 aromatic heterocycles. The number of H-pyrrole nitrogens is 1. The fraction of sp³-hybridized carbons (Fsp3) is 0.375. The van der Waals surface area contributed by atoms with Crippen molar-refractivity contribution >= 4 is 34.7 Å². The third-order valence-electron chi connectivity index (χ3n) is 6.21. The first-order valence-electron chi connectivity index (χ1n) is 10.7. The van der Waals surface area contributed by atoms with Gasteiger partial charge in [0.2, 0.25) is 5.91 Å². The lowest BCUT2D eigenvalue weighted by molar-refractivity contribution is -0.121. The first-order valence-corrected chi connectivity index (χ1v) is 11.2. The van der Waals surface area contributed by atoms with E-state index < -0.39 is 0 Å². The number of fused-ring (bicyclic) bond motifs is 1. The zero-order chi connectivity index (χ0) is 22.7. The van der Waals surface area contributed by atoms with E-state index in [9.17, 15) is 9.59 Å². The van der Waals surface area contributed by atoms with Gasteiger partial charge in [0.15, 0.2) is 4.77 Å². The summed E-state index contributed by atoms with van der Waals surface area (Å²) in [7, 11) is 3.15. The lowest BCUT2D eigenvalue weighted by Gasteiger charge is -2.28. The van der Waals surface area contributed by atoms with Crippen LogP contribution in [0.15, 0.2) is 47.3 Å². The zero-order valence-electron chi connectivity index (χ0n) is 18.2. The summed E-state index contributed by atoms with van der Waals surface area (Å²) in [5.74, 6) is 1.47. The van der Waals surface area contributed by atoms with Gasteiger partial charge in [-0.15, -0.1) is 0 Å². The van der Waals surface area contributed by atoms with Crippen LogP contribution in [0.4, 0.5) is 5.69 Å². The normalized spacial score (nSPS) is 18.3. The number of rotatable bonds is 6. The van der Waals surface area contributed by atoms with Gasteiger partial charge in [0.25, 0.3) is 5.56 Å². The van der Waals surface area contributed by atoms with Crippen molar-refractivity contribution in [1.29, 1.82) is 0 Å². The topological polar surface area (TPSA) is 85.4 Å². The fourth-order valence-corrected chi connectivity index (χ4v) is 4.63. The van der Waals surface area contributed by atoms with Gasteiger partial charge in [0.05, 0.1) is 30.8 Å². The summed E-state index contributed by atoms with van der Waals surface area (Å²) in [6, 6.07) is 12.7. The van der Waals surface area contributed by atoms with Crippen LogP contribution in [-0.2, 0) is 11.3 Å². The Morgan fingerprint density at radius 3 is 2.59 bits per heavy atom. The van der Waals surface area contributed by atoms with E-state index in [0.29, 0.717) is 39.8 Å². The number of nitrogens with one attached hydrogen (secondary N) is 2. The van der Waals surface area contributed by atoms with E-state index >= 15 is 0 Å². The Balaban J connectivity index is 1.40. The number of para-hydroxylation sites is 1. The molecule has 1 heterocycles. The minimum absolute atomic E-state index is 0.00733. The summed E-state index contributed by atoms with van der Waals surface area (Å²) in [5, 5.41) is 3.63. The average Bonchev–Trinajstić information content (AvgIpc) is 2.82. The molecule has 1 aliphatic carbocycles. The van der Waals surface area contributed by atoms with E-state index in [0.717, 1.165) is 31.2 Å². The van der Waals surface area contributed by atoms with Crippen LogP contribution >= 0.6 is 12.2 Å². The largest absolute Gasteiger partial charge is 0.497 e. The molecule has 0 atom stereocenters. The summed E-state index contributed by atoms with van der Waals surface area (Å²) >= 11 is 5.44. The molecular formula is C24H27N3O4S. The Kier molecular flexibility index (Phi) is 6.60. The molecule has 1 amide bonds. The molecule has 32 heavy (non-hydrogen) atoms. The third-order valence-corrected chi connectivity index (χ3v) is 6.54. The smallest absolute Gasteiger partial charge is 0.262 e. The number of carbonyl (C=O) groups is 1. The fourth-order valence-electron chi connectivity index (χ4n) is 4.37. The number of ether oxygens (including phenoxy) is 2. The van der Waals surface area contributed by atoms with Crippen LogP contribution < -0.4 is 20.3 Å². The van der Waals surface area contributed by atoms with E-state index in [1.54, 1.807) is 37.0 Å². The molecule has 1 saturated carbocycles. The lowest BCUT2D eigenvalue weighted by atomic mass is 9.81. The van der Waals surface area contributed by atoms with Crippen molar-refractivity contribution < 1.29 is 14.3 Å². The van der Waals surface area contributed by atoms with Crippen LogP contribution in [0.3, 0.4) is 0 Å². The van der Waals surface area contributed by atoms with Crippen LogP contribution in [0.5, 0.6) is 11.5 Å². The molecule has 1 aliphatic rings. The maximum Gasteiger partial charge on any atom is 0.262 e. The van der Waals surface area contributed by atoms with Crippen molar-refractivity contribution in [2.45, 2.75) is 32.2 Å². The Bertz CT molecular complexity index is 1240. The molecule has 0 saturated heterocycles. The summed E-state index contributed by atoms with van der Waals surface area (Å²) in [5.41, 5.74) is 1.33. The van der Waals surface area contributed by atoms with Crippen molar-refractivity contribution in [1.82, 2.24) is 9.55 Å². The number of nitrogens with zero attached hydrogens (tertiary/aromatic N) is 1. The second kappa shape index (κ2) is 9.56. The Morgan fingerprint density at radius 2 is 1.88 bits per heavy atom. The van der Waals surface area contributed by atoms with Gasteiger partial charge in [0.1, 0.15) is 11.5 Å². The molecule has 0 unspecified atom stereocenters. The van der Waals surface area contributed by atoms with Crippen molar-refractivity contribution in [3.63, 3.8) is 0 Å². The lowest BCUT2D eigenvalue weighted by Crippen LogP contribution is -2.31. The number of hydrogen-bond acceptors (Lipinski definition) is 5. The number of carbonyl (C=O) groups excluding carboxylic acids is 1. The molecule has 0 aliphatic heterocycles. The molecule has 8 heteroatoms. The molecule has 3 aromatic rings. The van der Waals surface area contributed by atoms with Gasteiger partial charge in [-0.25, -0.2) is 0 Å². The molecule has 0 spiro atoms. The Hall–Kier alpha value is -3.13. The molecule has 168 valence electrons. The van der Waals surface area contributed by atoms with Gasteiger partial charge in [-0.2, -0.15) is 0 Å². The van der Waals surface area contributed by atoms with Crippen LogP contribution in [0, 0.1) is 16.6 Å². The molecular weight excluding hydrogens is 426 g/mol. The molecule has 4 rings (SSSR count). The predicted molar refractivity (Wildman–Crippen MR) is 127 cm³/mol. The Labute approximate surface area is 191 Å². The molecule has 0 bridgehead atoms.